The maximum Gasteiger partial charge on any atom is 0.459 e. The van der Waals surface area contributed by atoms with Gasteiger partial charge in [0.2, 0.25) is 0 Å². The average Bonchev–Trinajstić information content (AvgIpc) is 2.05. The highest BCUT2D eigenvalue weighted by molar-refractivity contribution is 6.46. The summed E-state index contributed by atoms with van der Waals surface area (Å²) in [5.41, 5.74) is 0. The van der Waals surface area contributed by atoms with Crippen molar-refractivity contribution >= 4 is 7.12 Å². The molecule has 0 unspecified atom stereocenters. The zero-order valence-electron chi connectivity index (χ0n) is 8.09. The second-order valence-electron chi connectivity index (χ2n) is 2.80. The van der Waals surface area contributed by atoms with Crippen LogP contribution in [0, 0.1) is 0 Å². The summed E-state index contributed by atoms with van der Waals surface area (Å²) in [5, 5.41) is 0. The minimum absolute atomic E-state index is 0.0139. The van der Waals surface area contributed by atoms with Crippen molar-refractivity contribution in [3.05, 3.63) is 0 Å². The standard InChI is InChI=1S/C8H19BO2/c1-5-7-8(6-2)9(10-3)11-4/h8H,5-7H2,1-4H3/t8-/m1/s1. The van der Waals surface area contributed by atoms with E-state index in [1.165, 1.54) is 12.8 Å². The lowest BCUT2D eigenvalue weighted by Gasteiger charge is -2.18. The molecule has 0 saturated carbocycles. The van der Waals surface area contributed by atoms with Gasteiger partial charge in [-0.2, -0.15) is 0 Å². The Kier molecular flexibility index (Phi) is 6.67. The van der Waals surface area contributed by atoms with Gasteiger partial charge in [0.05, 0.1) is 0 Å². The third kappa shape index (κ3) is 3.78. The van der Waals surface area contributed by atoms with E-state index in [2.05, 4.69) is 13.8 Å². The first-order valence-electron chi connectivity index (χ1n) is 4.35. The highest BCUT2D eigenvalue weighted by atomic mass is 16.6. The summed E-state index contributed by atoms with van der Waals surface area (Å²) in [4.78, 5) is 0. The molecular formula is C8H19BO2. The highest BCUT2D eigenvalue weighted by Crippen LogP contribution is 2.21. The van der Waals surface area contributed by atoms with Crippen molar-refractivity contribution in [2.75, 3.05) is 14.2 Å². The van der Waals surface area contributed by atoms with Gasteiger partial charge in [-0.25, -0.2) is 0 Å². The highest BCUT2D eigenvalue weighted by Gasteiger charge is 2.25. The van der Waals surface area contributed by atoms with E-state index in [0.29, 0.717) is 5.82 Å². The van der Waals surface area contributed by atoms with Crippen molar-refractivity contribution in [3.8, 4) is 0 Å². The molecule has 66 valence electrons. The van der Waals surface area contributed by atoms with Gasteiger partial charge >= 0.3 is 7.12 Å². The smallest absolute Gasteiger partial charge is 0.414 e. The van der Waals surface area contributed by atoms with Crippen LogP contribution in [0.5, 0.6) is 0 Å². The van der Waals surface area contributed by atoms with E-state index in [-0.39, 0.29) is 7.12 Å². The molecule has 0 heterocycles. The molecule has 0 aromatic rings. The molecule has 0 aliphatic heterocycles. The number of hydrogen-bond donors (Lipinski definition) is 0. The summed E-state index contributed by atoms with van der Waals surface area (Å²) >= 11 is 0. The molecule has 0 radical (unpaired) electrons. The molecule has 0 bridgehead atoms. The lowest BCUT2D eigenvalue weighted by molar-refractivity contribution is 0.261. The van der Waals surface area contributed by atoms with Gasteiger partial charge in [-0.05, 0) is 5.82 Å². The van der Waals surface area contributed by atoms with Gasteiger partial charge in [-0.1, -0.05) is 33.1 Å². The van der Waals surface area contributed by atoms with Gasteiger partial charge in [0, 0.05) is 14.2 Å². The lowest BCUT2D eigenvalue weighted by Crippen LogP contribution is -2.25. The Morgan fingerprint density at radius 3 is 2.00 bits per heavy atom. The molecule has 0 rings (SSSR count). The largest absolute Gasteiger partial charge is 0.459 e. The molecular weight excluding hydrogens is 139 g/mol. The molecule has 0 aromatic heterocycles. The van der Waals surface area contributed by atoms with Crippen LogP contribution in [-0.2, 0) is 9.31 Å². The maximum absolute atomic E-state index is 5.18. The molecule has 0 fully saturated rings. The number of hydrogen-bond acceptors (Lipinski definition) is 2. The maximum atomic E-state index is 5.18. The van der Waals surface area contributed by atoms with Crippen molar-refractivity contribution in [2.24, 2.45) is 0 Å². The quantitative estimate of drug-likeness (QED) is 0.552. The second kappa shape index (κ2) is 6.68. The van der Waals surface area contributed by atoms with Crippen LogP contribution < -0.4 is 0 Å². The van der Waals surface area contributed by atoms with Crippen molar-refractivity contribution in [1.82, 2.24) is 0 Å². The predicted molar refractivity (Wildman–Crippen MR) is 48.7 cm³/mol. The monoisotopic (exact) mass is 158 g/mol. The second-order valence-corrected chi connectivity index (χ2v) is 2.80. The third-order valence-corrected chi connectivity index (χ3v) is 2.03. The summed E-state index contributed by atoms with van der Waals surface area (Å²) < 4.78 is 10.4. The Bertz CT molecular complexity index is 84.2. The topological polar surface area (TPSA) is 18.5 Å². The molecule has 0 N–H and O–H groups in total. The number of rotatable bonds is 6. The summed E-state index contributed by atoms with van der Waals surface area (Å²) in [6, 6.07) is 0. The van der Waals surface area contributed by atoms with Crippen LogP contribution in [0.1, 0.15) is 33.1 Å². The van der Waals surface area contributed by atoms with Crippen LogP contribution in [-0.4, -0.2) is 21.3 Å². The Hall–Kier alpha value is -0.0151. The molecule has 11 heavy (non-hydrogen) atoms. The molecule has 0 saturated heterocycles. The van der Waals surface area contributed by atoms with Crippen molar-refractivity contribution < 1.29 is 9.31 Å². The van der Waals surface area contributed by atoms with Crippen molar-refractivity contribution in [1.29, 1.82) is 0 Å². The van der Waals surface area contributed by atoms with Crippen LogP contribution >= 0.6 is 0 Å². The minimum Gasteiger partial charge on any atom is -0.414 e. The SMILES string of the molecule is CCC[C@@H](CC)B(OC)OC. The van der Waals surface area contributed by atoms with Gasteiger partial charge in [0.1, 0.15) is 0 Å². The Balaban J connectivity index is 3.76. The molecule has 3 heteroatoms. The first-order chi connectivity index (χ1) is 5.29. The fourth-order valence-electron chi connectivity index (χ4n) is 1.38. The van der Waals surface area contributed by atoms with Crippen molar-refractivity contribution in [2.45, 2.75) is 38.9 Å². The summed E-state index contributed by atoms with van der Waals surface area (Å²) in [6.07, 6.45) is 3.50. The van der Waals surface area contributed by atoms with E-state index in [9.17, 15) is 0 Å². The van der Waals surface area contributed by atoms with E-state index in [1.807, 2.05) is 0 Å². The third-order valence-electron chi connectivity index (χ3n) is 2.03. The fraction of sp³-hybridized carbons (Fsp3) is 1.00. The zero-order chi connectivity index (χ0) is 8.69. The molecule has 1 atom stereocenters. The first kappa shape index (κ1) is 11.0. The van der Waals surface area contributed by atoms with Gasteiger partial charge in [-0.3, -0.25) is 0 Å². The van der Waals surface area contributed by atoms with E-state index in [1.54, 1.807) is 14.2 Å². The van der Waals surface area contributed by atoms with Gasteiger partial charge in [0.25, 0.3) is 0 Å². The molecule has 0 amide bonds. The summed E-state index contributed by atoms with van der Waals surface area (Å²) in [7, 11) is 3.39. The van der Waals surface area contributed by atoms with Crippen LogP contribution in [0.3, 0.4) is 0 Å². The Labute approximate surface area is 70.4 Å². The lowest BCUT2D eigenvalue weighted by atomic mass is 9.68. The van der Waals surface area contributed by atoms with E-state index in [4.69, 9.17) is 9.31 Å². The van der Waals surface area contributed by atoms with Crippen molar-refractivity contribution in [3.63, 3.8) is 0 Å². The van der Waals surface area contributed by atoms with E-state index >= 15 is 0 Å². The Morgan fingerprint density at radius 1 is 1.18 bits per heavy atom. The first-order valence-corrected chi connectivity index (χ1v) is 4.35. The predicted octanol–water partition coefficient (Wildman–Crippen LogP) is 2.35. The van der Waals surface area contributed by atoms with Crippen LogP contribution in [0.15, 0.2) is 0 Å². The normalized spacial score (nSPS) is 13.1. The summed E-state index contributed by atoms with van der Waals surface area (Å²) in [5.74, 6) is 0.551. The Morgan fingerprint density at radius 2 is 1.73 bits per heavy atom. The molecule has 2 nitrogen and oxygen atoms in total. The van der Waals surface area contributed by atoms with Gasteiger partial charge in [0.15, 0.2) is 0 Å². The molecule has 0 aromatic carbocycles. The minimum atomic E-state index is -0.0139. The van der Waals surface area contributed by atoms with E-state index < -0.39 is 0 Å². The average molecular weight is 158 g/mol. The molecule has 0 aliphatic carbocycles. The molecule has 0 aliphatic rings. The molecule has 0 spiro atoms. The summed E-state index contributed by atoms with van der Waals surface area (Å²) in [6.45, 7) is 4.36. The fourth-order valence-corrected chi connectivity index (χ4v) is 1.38. The van der Waals surface area contributed by atoms with Crippen LogP contribution in [0.4, 0.5) is 0 Å². The van der Waals surface area contributed by atoms with Gasteiger partial charge in [-0.15, -0.1) is 0 Å². The van der Waals surface area contributed by atoms with E-state index in [0.717, 1.165) is 6.42 Å². The van der Waals surface area contributed by atoms with Crippen LogP contribution in [0.2, 0.25) is 5.82 Å². The van der Waals surface area contributed by atoms with Gasteiger partial charge < -0.3 is 9.31 Å². The van der Waals surface area contributed by atoms with Crippen LogP contribution in [0.25, 0.3) is 0 Å². The zero-order valence-corrected chi connectivity index (χ0v) is 8.09.